The average Bonchev–Trinajstić information content (AvgIpc) is 3.83. The Labute approximate surface area is 425 Å². The molecule has 2 aliphatic heterocycles. The number of fused-ring (bicyclic) bond motifs is 1. The van der Waals surface area contributed by atoms with Crippen molar-refractivity contribution in [2.45, 2.75) is 156 Å². The van der Waals surface area contributed by atoms with Crippen molar-refractivity contribution in [1.29, 1.82) is 0 Å². The quantitative estimate of drug-likeness (QED) is 0.365. The fourth-order valence-electron chi connectivity index (χ4n) is 9.92. The van der Waals surface area contributed by atoms with Gasteiger partial charge in [0, 0.05) is 67.8 Å². The summed E-state index contributed by atoms with van der Waals surface area (Å²) in [4.78, 5) is 128. The van der Waals surface area contributed by atoms with Gasteiger partial charge in [-0.25, -0.2) is 0 Å². The summed E-state index contributed by atoms with van der Waals surface area (Å²) in [6.45, 7) is 19.1. The molecule has 3 rings (SSSR count). The van der Waals surface area contributed by atoms with Crippen molar-refractivity contribution in [3.8, 4) is 5.75 Å². The first-order chi connectivity index (χ1) is 33.1. The molecule has 1 N–H and O–H groups in total. The fraction of sp³-hybridized carbons (Fsp3) is 0.736. The molecule has 0 spiro atoms. The molecular weight excluding hydrogens is 907 g/mol. The van der Waals surface area contributed by atoms with E-state index in [1.165, 1.54) is 57.6 Å². The maximum Gasteiger partial charge on any atom is 0.246 e. The second-order valence-corrected chi connectivity index (χ2v) is 21.5. The third-order valence-electron chi connectivity index (χ3n) is 14.9. The predicted octanol–water partition coefficient (Wildman–Crippen LogP) is 3.46. The Hall–Kier alpha value is -5.26. The summed E-state index contributed by atoms with van der Waals surface area (Å²) in [5.74, 6) is -3.24. The minimum absolute atomic E-state index is 0.0380. The van der Waals surface area contributed by atoms with Crippen molar-refractivity contribution in [3.05, 3.63) is 29.8 Å². The van der Waals surface area contributed by atoms with Gasteiger partial charge in [0.25, 0.3) is 0 Å². The van der Waals surface area contributed by atoms with Crippen LogP contribution in [0.2, 0.25) is 0 Å². The number of ether oxygens (including phenoxy) is 1. The highest BCUT2D eigenvalue weighted by atomic mass is 16.5. The number of hydrogen-bond acceptors (Lipinski definition) is 10. The van der Waals surface area contributed by atoms with Gasteiger partial charge in [-0.05, 0) is 87.9 Å². The molecule has 2 aliphatic rings. The Morgan fingerprint density at radius 2 is 1.23 bits per heavy atom. The van der Waals surface area contributed by atoms with Crippen LogP contribution in [0.4, 0.5) is 0 Å². The maximum atomic E-state index is 14.9. The van der Waals surface area contributed by atoms with E-state index >= 15 is 0 Å². The molecule has 71 heavy (non-hydrogen) atoms. The van der Waals surface area contributed by atoms with Gasteiger partial charge < -0.3 is 44.4 Å². The number of hydrogen-bond donors (Lipinski definition) is 1. The summed E-state index contributed by atoms with van der Waals surface area (Å²) >= 11 is 0. The van der Waals surface area contributed by atoms with Crippen LogP contribution in [0.5, 0.6) is 5.75 Å². The van der Waals surface area contributed by atoms with Crippen LogP contribution in [0.15, 0.2) is 24.3 Å². The van der Waals surface area contributed by atoms with E-state index in [1.54, 1.807) is 52.1 Å². The molecule has 400 valence electrons. The van der Waals surface area contributed by atoms with E-state index in [0.717, 1.165) is 5.56 Å². The number of nitrogens with zero attached hydrogens (tertiary/aromatic N) is 8. The van der Waals surface area contributed by atoms with E-state index in [0.29, 0.717) is 31.4 Å². The Morgan fingerprint density at radius 1 is 0.648 bits per heavy atom. The van der Waals surface area contributed by atoms with Gasteiger partial charge in [0.05, 0.1) is 19.7 Å². The monoisotopic (exact) mass is 996 g/mol. The van der Waals surface area contributed by atoms with Crippen molar-refractivity contribution < 1.29 is 43.1 Å². The Morgan fingerprint density at radius 3 is 1.76 bits per heavy atom. The Kier molecular flexibility index (Phi) is 22.4. The first-order valence-electron chi connectivity index (χ1n) is 25.6. The second kappa shape index (κ2) is 26.4. The molecule has 2 saturated heterocycles. The number of amides is 8. The van der Waals surface area contributed by atoms with Crippen LogP contribution < -0.4 is 10.1 Å². The SMILES string of the molecule is CCC(C)C1C(=O)N(C)C(C)C(=O)N(C)CC(=O)N(C)C(CC(C)C)C(=O)N2CCCC2C(=O)N(C)C(Cc2ccc(OC)cc2)C(=O)NC(C)C(=O)N(C)C(C(C)C)CN(C)C(CC(C)C)C(=O)N1C. The van der Waals surface area contributed by atoms with Crippen molar-refractivity contribution >= 4 is 47.3 Å². The number of methoxy groups -OCH3 is 1. The minimum atomic E-state index is -1.10. The number of rotatable bonds is 10. The van der Waals surface area contributed by atoms with Gasteiger partial charge in [-0.2, -0.15) is 0 Å². The van der Waals surface area contributed by atoms with Crippen LogP contribution in [-0.4, -0.2) is 211 Å². The van der Waals surface area contributed by atoms with Gasteiger partial charge in [0.15, 0.2) is 0 Å². The van der Waals surface area contributed by atoms with Crippen LogP contribution in [0.1, 0.15) is 107 Å². The number of likely N-dealkylation sites (N-methyl/N-ethyl adjacent to an activating group) is 7. The summed E-state index contributed by atoms with van der Waals surface area (Å²) in [6, 6.07) is 0.0715. The molecule has 0 aliphatic carbocycles. The van der Waals surface area contributed by atoms with Gasteiger partial charge in [-0.1, -0.05) is 73.9 Å². The largest absolute Gasteiger partial charge is 0.497 e. The molecule has 0 bridgehead atoms. The molecule has 1 aromatic rings. The Bertz CT molecular complexity index is 2010. The molecule has 18 heteroatoms. The van der Waals surface area contributed by atoms with E-state index in [4.69, 9.17) is 4.74 Å². The van der Waals surface area contributed by atoms with E-state index in [1.807, 2.05) is 79.5 Å². The Balaban J connectivity index is 2.22. The lowest BCUT2D eigenvalue weighted by molar-refractivity contribution is -0.154. The van der Waals surface area contributed by atoms with Crippen LogP contribution in [-0.2, 0) is 44.8 Å². The molecule has 2 fully saturated rings. The third kappa shape index (κ3) is 14.9. The molecular formula is C53H89N9O9. The average molecular weight is 996 g/mol. The van der Waals surface area contributed by atoms with Crippen LogP contribution >= 0.6 is 0 Å². The lowest BCUT2D eigenvalue weighted by atomic mass is 9.93. The molecule has 9 atom stereocenters. The summed E-state index contributed by atoms with van der Waals surface area (Å²) in [5.41, 5.74) is 0.733. The fourth-order valence-corrected chi connectivity index (χ4v) is 9.92. The molecule has 1 aromatic carbocycles. The van der Waals surface area contributed by atoms with E-state index < -0.39 is 83.8 Å². The smallest absolute Gasteiger partial charge is 0.246 e. The van der Waals surface area contributed by atoms with Crippen molar-refractivity contribution in [3.63, 3.8) is 0 Å². The minimum Gasteiger partial charge on any atom is -0.497 e. The number of benzene rings is 1. The predicted molar refractivity (Wildman–Crippen MR) is 275 cm³/mol. The molecule has 18 nitrogen and oxygen atoms in total. The number of carbonyl (C=O) groups excluding carboxylic acids is 8. The molecule has 9 unspecified atom stereocenters. The first-order valence-corrected chi connectivity index (χ1v) is 25.6. The molecule has 0 radical (unpaired) electrons. The standard InChI is InChI=1S/C53H89N9O9/c1-19-35(8)46-53(70)57(13)37(10)49(66)56(12)31-45(63)58(14)43(28-33(4)5)52(69)62-26-20-21-40(62)50(67)59(15)41(29-38-22-24-39(71-18)25-23-38)47(64)54-36(9)48(65)60(16)44(34(6)7)30-55(11)42(27-32(2)3)51(68)61(46)17/h22-25,32-37,40-44,46H,19-21,26-31H2,1-18H3,(H,54,64). The summed E-state index contributed by atoms with van der Waals surface area (Å²) in [7, 11) is 12.8. The zero-order chi connectivity index (χ0) is 53.9. The molecule has 2 heterocycles. The molecule has 0 aromatic heterocycles. The summed E-state index contributed by atoms with van der Waals surface area (Å²) in [6.07, 6.45) is 2.24. The zero-order valence-corrected chi connectivity index (χ0v) is 46.4. The van der Waals surface area contributed by atoms with Crippen LogP contribution in [0, 0.1) is 23.7 Å². The van der Waals surface area contributed by atoms with E-state index in [2.05, 4.69) is 5.32 Å². The van der Waals surface area contributed by atoms with Crippen molar-refractivity contribution in [2.75, 3.05) is 76.1 Å². The third-order valence-corrected chi connectivity index (χ3v) is 14.9. The van der Waals surface area contributed by atoms with Crippen LogP contribution in [0.25, 0.3) is 0 Å². The van der Waals surface area contributed by atoms with E-state index in [9.17, 15) is 38.4 Å². The van der Waals surface area contributed by atoms with Gasteiger partial charge in [-0.15, -0.1) is 0 Å². The lowest BCUT2D eigenvalue weighted by Gasteiger charge is -2.41. The summed E-state index contributed by atoms with van der Waals surface area (Å²) in [5, 5.41) is 2.92. The summed E-state index contributed by atoms with van der Waals surface area (Å²) < 4.78 is 5.37. The normalized spacial score (nSPS) is 27.1. The first kappa shape index (κ1) is 60.0. The van der Waals surface area contributed by atoms with E-state index in [-0.39, 0.29) is 68.0 Å². The highest BCUT2D eigenvalue weighted by Crippen LogP contribution is 2.27. The van der Waals surface area contributed by atoms with Crippen molar-refractivity contribution in [2.24, 2.45) is 23.7 Å². The topological polar surface area (TPSA) is 184 Å². The maximum absolute atomic E-state index is 14.9. The van der Waals surface area contributed by atoms with Gasteiger partial charge >= 0.3 is 0 Å². The number of nitrogens with one attached hydrogen (secondary N) is 1. The number of carbonyl (C=O) groups is 8. The lowest BCUT2D eigenvalue weighted by Crippen LogP contribution is -2.60. The van der Waals surface area contributed by atoms with Gasteiger partial charge in [0.1, 0.15) is 42.0 Å². The van der Waals surface area contributed by atoms with Gasteiger partial charge in [-0.3, -0.25) is 43.3 Å². The zero-order valence-electron chi connectivity index (χ0n) is 46.4. The van der Waals surface area contributed by atoms with Crippen molar-refractivity contribution in [1.82, 2.24) is 44.5 Å². The second-order valence-electron chi connectivity index (χ2n) is 21.5. The molecule has 0 saturated carbocycles. The molecule has 8 amide bonds. The van der Waals surface area contributed by atoms with Crippen LogP contribution in [0.3, 0.4) is 0 Å². The highest BCUT2D eigenvalue weighted by Gasteiger charge is 2.44. The van der Waals surface area contributed by atoms with Gasteiger partial charge in [0.2, 0.25) is 47.3 Å². The highest BCUT2D eigenvalue weighted by molar-refractivity contribution is 5.97.